The fraction of sp³-hybridized carbons (Fsp3) is 0.538. The molecule has 184 valence electrons. The van der Waals surface area contributed by atoms with Crippen molar-refractivity contribution in [3.63, 3.8) is 0 Å². The summed E-state index contributed by atoms with van der Waals surface area (Å²) in [6.07, 6.45) is 5.81. The third kappa shape index (κ3) is 5.32. The summed E-state index contributed by atoms with van der Waals surface area (Å²) in [5, 5.41) is 6.64. The Labute approximate surface area is 200 Å². The fourth-order valence-corrected chi connectivity index (χ4v) is 4.91. The molecule has 0 aromatic heterocycles. The summed E-state index contributed by atoms with van der Waals surface area (Å²) in [5.74, 6) is -0.579. The summed E-state index contributed by atoms with van der Waals surface area (Å²) in [5.41, 5.74) is 2.84. The summed E-state index contributed by atoms with van der Waals surface area (Å²) >= 11 is 0. The SMILES string of the molecule is CCN1CC(NC(=O)N2C=C3NC(=NC(C)C)C(C)CC=C3CC2)C(c2ccc(F)c(F)c2)C1. The first-order chi connectivity index (χ1) is 16.2. The predicted octanol–water partition coefficient (Wildman–Crippen LogP) is 4.37. The zero-order chi connectivity index (χ0) is 24.4. The van der Waals surface area contributed by atoms with Crippen LogP contribution in [-0.4, -0.2) is 59.9 Å². The first kappa shape index (κ1) is 24.4. The molecule has 3 aliphatic heterocycles. The summed E-state index contributed by atoms with van der Waals surface area (Å²) < 4.78 is 27.4. The molecule has 2 amide bonds. The lowest BCUT2D eigenvalue weighted by Crippen LogP contribution is -2.47. The molecule has 8 heteroatoms. The molecule has 6 nitrogen and oxygen atoms in total. The minimum absolute atomic E-state index is 0.103. The summed E-state index contributed by atoms with van der Waals surface area (Å²) in [6.45, 7) is 11.1. The van der Waals surface area contributed by atoms with Crippen molar-refractivity contribution in [2.24, 2.45) is 10.9 Å². The van der Waals surface area contributed by atoms with Crippen molar-refractivity contribution in [1.29, 1.82) is 0 Å². The average molecular weight is 472 g/mol. The van der Waals surface area contributed by atoms with E-state index >= 15 is 0 Å². The molecular weight excluding hydrogens is 436 g/mol. The number of likely N-dealkylation sites (N-methyl/N-ethyl adjacent to an activating group) is 1. The zero-order valence-corrected chi connectivity index (χ0v) is 20.4. The first-order valence-electron chi connectivity index (χ1n) is 12.3. The Hall–Kier alpha value is -2.74. The van der Waals surface area contributed by atoms with E-state index in [4.69, 9.17) is 4.99 Å². The van der Waals surface area contributed by atoms with Gasteiger partial charge < -0.3 is 15.5 Å². The Morgan fingerprint density at radius 2 is 2.06 bits per heavy atom. The number of carbonyl (C=O) groups is 1. The second kappa shape index (κ2) is 10.3. The van der Waals surface area contributed by atoms with Crippen LogP contribution in [0, 0.1) is 17.6 Å². The van der Waals surface area contributed by atoms with Crippen molar-refractivity contribution in [2.45, 2.75) is 58.5 Å². The molecule has 34 heavy (non-hydrogen) atoms. The normalized spacial score (nSPS) is 26.6. The number of fused-ring (bicyclic) bond motifs is 1. The van der Waals surface area contributed by atoms with Gasteiger partial charge in [0.05, 0.1) is 11.7 Å². The molecule has 2 N–H and O–H groups in total. The van der Waals surface area contributed by atoms with Crippen LogP contribution in [0.2, 0.25) is 0 Å². The van der Waals surface area contributed by atoms with Gasteiger partial charge in [0.15, 0.2) is 11.6 Å². The Morgan fingerprint density at radius 3 is 2.76 bits per heavy atom. The maximum absolute atomic E-state index is 13.9. The van der Waals surface area contributed by atoms with E-state index in [-0.39, 0.29) is 24.0 Å². The second-order valence-electron chi connectivity index (χ2n) is 9.77. The number of amidine groups is 1. The first-order valence-corrected chi connectivity index (χ1v) is 12.3. The monoisotopic (exact) mass is 471 g/mol. The van der Waals surface area contributed by atoms with Crippen LogP contribution in [0.5, 0.6) is 0 Å². The molecule has 1 fully saturated rings. The van der Waals surface area contributed by atoms with E-state index in [2.05, 4.69) is 49.3 Å². The van der Waals surface area contributed by atoms with Crippen LogP contribution < -0.4 is 10.6 Å². The van der Waals surface area contributed by atoms with Crippen LogP contribution in [0.4, 0.5) is 13.6 Å². The summed E-state index contributed by atoms with van der Waals surface area (Å²) in [4.78, 5) is 21.9. The van der Waals surface area contributed by atoms with Crippen LogP contribution in [0.25, 0.3) is 0 Å². The van der Waals surface area contributed by atoms with Crippen LogP contribution in [0.15, 0.2) is 46.7 Å². The molecule has 3 atom stereocenters. The van der Waals surface area contributed by atoms with Crippen molar-refractivity contribution in [3.05, 3.63) is 58.9 Å². The summed E-state index contributed by atoms with van der Waals surface area (Å²) in [6, 6.07) is 3.86. The molecule has 1 saturated heterocycles. The van der Waals surface area contributed by atoms with Gasteiger partial charge in [-0.25, -0.2) is 13.6 Å². The number of hydrogen-bond donors (Lipinski definition) is 2. The molecule has 0 radical (unpaired) electrons. The molecule has 3 aliphatic rings. The Morgan fingerprint density at radius 1 is 1.26 bits per heavy atom. The van der Waals surface area contributed by atoms with Gasteiger partial charge in [0.1, 0.15) is 5.84 Å². The third-order valence-electron chi connectivity index (χ3n) is 6.88. The minimum atomic E-state index is -0.857. The van der Waals surface area contributed by atoms with Gasteiger partial charge >= 0.3 is 6.03 Å². The molecule has 0 aliphatic carbocycles. The van der Waals surface area contributed by atoms with Crippen molar-refractivity contribution >= 4 is 11.9 Å². The zero-order valence-electron chi connectivity index (χ0n) is 20.4. The number of amides is 2. The van der Waals surface area contributed by atoms with Crippen LogP contribution in [0.3, 0.4) is 0 Å². The van der Waals surface area contributed by atoms with Crippen molar-refractivity contribution in [3.8, 4) is 0 Å². The molecule has 1 aromatic carbocycles. The Bertz CT molecular complexity index is 1020. The van der Waals surface area contributed by atoms with E-state index in [1.165, 1.54) is 11.6 Å². The molecule has 1 aromatic rings. The number of hydrogen-bond acceptors (Lipinski definition) is 3. The highest BCUT2D eigenvalue weighted by atomic mass is 19.2. The number of aliphatic imine (C=N–C) groups is 1. The van der Waals surface area contributed by atoms with Gasteiger partial charge in [0.25, 0.3) is 0 Å². The van der Waals surface area contributed by atoms with E-state index in [1.54, 1.807) is 11.0 Å². The standard InChI is InChI=1S/C26H35F2N5O/c1-5-32-13-20(19-8-9-21(27)22(28)12-19)24(14-32)31-26(34)33-11-10-18-7-6-17(4)25(29-16(2)3)30-23(18)15-33/h7-9,12,15-17,20,24H,5-6,10-11,13-14H2,1-4H3,(H,29,30)(H,31,34). The van der Waals surface area contributed by atoms with E-state index < -0.39 is 11.6 Å². The predicted molar refractivity (Wildman–Crippen MR) is 131 cm³/mol. The van der Waals surface area contributed by atoms with Gasteiger partial charge in [-0.15, -0.1) is 0 Å². The maximum atomic E-state index is 13.9. The number of likely N-dealkylation sites (tertiary alicyclic amines) is 1. The van der Waals surface area contributed by atoms with E-state index in [0.717, 1.165) is 37.0 Å². The topological polar surface area (TPSA) is 60.0 Å². The van der Waals surface area contributed by atoms with Crippen molar-refractivity contribution in [1.82, 2.24) is 20.4 Å². The quantitative estimate of drug-likeness (QED) is 0.686. The van der Waals surface area contributed by atoms with Gasteiger partial charge in [0, 0.05) is 43.7 Å². The molecule has 0 saturated carbocycles. The minimum Gasteiger partial charge on any atom is -0.342 e. The molecular formula is C26H35F2N5O. The number of allylic oxidation sites excluding steroid dienone is 2. The van der Waals surface area contributed by atoms with Crippen LogP contribution in [0.1, 0.15) is 52.0 Å². The second-order valence-corrected chi connectivity index (χ2v) is 9.77. The van der Waals surface area contributed by atoms with E-state index in [9.17, 15) is 13.6 Å². The maximum Gasteiger partial charge on any atom is 0.321 e. The molecule has 3 unspecified atom stereocenters. The highest BCUT2D eigenvalue weighted by Gasteiger charge is 2.36. The van der Waals surface area contributed by atoms with Gasteiger partial charge in [-0.05, 0) is 56.5 Å². The number of nitrogens with one attached hydrogen (secondary N) is 2. The Balaban J connectivity index is 1.51. The molecule has 4 rings (SSSR count). The number of urea groups is 1. The average Bonchev–Trinajstić information content (AvgIpc) is 3.14. The molecule has 0 bridgehead atoms. The van der Waals surface area contributed by atoms with Gasteiger partial charge in [-0.2, -0.15) is 0 Å². The third-order valence-corrected chi connectivity index (χ3v) is 6.88. The lowest BCUT2D eigenvalue weighted by molar-refractivity contribution is 0.208. The van der Waals surface area contributed by atoms with E-state index in [1.807, 2.05) is 6.20 Å². The number of nitrogens with zero attached hydrogens (tertiary/aromatic N) is 3. The van der Waals surface area contributed by atoms with Crippen LogP contribution in [-0.2, 0) is 0 Å². The fourth-order valence-electron chi connectivity index (χ4n) is 4.91. The summed E-state index contributed by atoms with van der Waals surface area (Å²) in [7, 11) is 0. The lowest BCUT2D eigenvalue weighted by Gasteiger charge is -2.30. The van der Waals surface area contributed by atoms with Gasteiger partial charge in [-0.1, -0.05) is 26.0 Å². The number of benzene rings is 1. The van der Waals surface area contributed by atoms with Crippen molar-refractivity contribution < 1.29 is 13.6 Å². The molecule has 0 spiro atoms. The largest absolute Gasteiger partial charge is 0.342 e. The number of halogens is 2. The van der Waals surface area contributed by atoms with Gasteiger partial charge in [0.2, 0.25) is 0 Å². The lowest BCUT2D eigenvalue weighted by atomic mass is 9.94. The van der Waals surface area contributed by atoms with Crippen LogP contribution >= 0.6 is 0 Å². The van der Waals surface area contributed by atoms with E-state index in [0.29, 0.717) is 31.1 Å². The number of rotatable bonds is 4. The van der Waals surface area contributed by atoms with Gasteiger partial charge in [-0.3, -0.25) is 9.89 Å². The number of carbonyl (C=O) groups excluding carboxylic acids is 1. The van der Waals surface area contributed by atoms with Crippen molar-refractivity contribution in [2.75, 3.05) is 26.2 Å². The Kier molecular flexibility index (Phi) is 7.36. The highest BCUT2D eigenvalue weighted by Crippen LogP contribution is 2.30. The molecule has 3 heterocycles. The smallest absolute Gasteiger partial charge is 0.321 e. The highest BCUT2D eigenvalue weighted by molar-refractivity contribution is 5.88.